The van der Waals surface area contributed by atoms with Crippen molar-refractivity contribution < 1.29 is 4.39 Å². The van der Waals surface area contributed by atoms with E-state index in [4.69, 9.17) is 11.1 Å². The quantitative estimate of drug-likeness (QED) is 0.651. The molecule has 0 bridgehead atoms. The summed E-state index contributed by atoms with van der Waals surface area (Å²) in [7, 11) is 0. The standard InChI is InChI=1S/C13H17BrFN3/c1-8-4-6-18(7-5-8)10-3-2-9(13(16)17)11(14)12(10)15/h2-3,8H,4-7H2,1H3,(H3,16,17). The lowest BCUT2D eigenvalue weighted by molar-refractivity contribution is 0.434. The number of nitrogens with one attached hydrogen (secondary N) is 1. The maximum absolute atomic E-state index is 14.3. The van der Waals surface area contributed by atoms with E-state index in [2.05, 4.69) is 27.8 Å². The normalized spacial score (nSPS) is 16.9. The highest BCUT2D eigenvalue weighted by molar-refractivity contribution is 9.10. The van der Waals surface area contributed by atoms with Gasteiger partial charge in [0.15, 0.2) is 5.82 Å². The summed E-state index contributed by atoms with van der Waals surface area (Å²) in [6.07, 6.45) is 2.18. The van der Waals surface area contributed by atoms with Crippen LogP contribution in [0.2, 0.25) is 0 Å². The summed E-state index contributed by atoms with van der Waals surface area (Å²) in [6, 6.07) is 3.41. The molecule has 1 fully saturated rings. The van der Waals surface area contributed by atoms with Crippen LogP contribution in [0.5, 0.6) is 0 Å². The van der Waals surface area contributed by atoms with E-state index in [1.54, 1.807) is 12.1 Å². The van der Waals surface area contributed by atoms with Crippen molar-refractivity contribution in [1.82, 2.24) is 0 Å². The van der Waals surface area contributed by atoms with Crippen molar-refractivity contribution >= 4 is 27.5 Å². The fourth-order valence-electron chi connectivity index (χ4n) is 2.24. The van der Waals surface area contributed by atoms with Gasteiger partial charge in [-0.3, -0.25) is 5.41 Å². The molecule has 1 aliphatic heterocycles. The van der Waals surface area contributed by atoms with Crippen molar-refractivity contribution in [2.75, 3.05) is 18.0 Å². The summed E-state index contributed by atoms with van der Waals surface area (Å²) in [6.45, 7) is 3.98. The third-order valence-corrected chi connectivity index (χ3v) is 4.25. The molecule has 1 saturated heterocycles. The van der Waals surface area contributed by atoms with E-state index in [1.165, 1.54) is 0 Å². The molecule has 0 aromatic heterocycles. The summed E-state index contributed by atoms with van der Waals surface area (Å²) in [4.78, 5) is 2.06. The van der Waals surface area contributed by atoms with Crippen molar-refractivity contribution in [2.24, 2.45) is 11.7 Å². The number of hydrogen-bond donors (Lipinski definition) is 2. The summed E-state index contributed by atoms with van der Waals surface area (Å²) in [5, 5.41) is 7.38. The molecule has 0 spiro atoms. The number of nitrogens with two attached hydrogens (primary N) is 1. The third-order valence-electron chi connectivity index (χ3n) is 3.48. The van der Waals surface area contributed by atoms with Gasteiger partial charge >= 0.3 is 0 Å². The van der Waals surface area contributed by atoms with Gasteiger partial charge in [-0.05, 0) is 46.8 Å². The zero-order chi connectivity index (χ0) is 13.3. The first-order valence-corrected chi connectivity index (χ1v) is 6.87. The minimum Gasteiger partial charge on any atom is -0.384 e. The van der Waals surface area contributed by atoms with Crippen molar-refractivity contribution in [3.05, 3.63) is 28.0 Å². The van der Waals surface area contributed by atoms with Crippen LogP contribution in [0.15, 0.2) is 16.6 Å². The number of nitrogen functional groups attached to an aromatic ring is 1. The molecular weight excluding hydrogens is 297 g/mol. The van der Waals surface area contributed by atoms with E-state index in [9.17, 15) is 4.39 Å². The van der Waals surface area contributed by atoms with Crippen LogP contribution in [-0.2, 0) is 0 Å². The van der Waals surface area contributed by atoms with Gasteiger partial charge in [0.1, 0.15) is 5.84 Å². The molecule has 1 heterocycles. The Kier molecular flexibility index (Phi) is 3.90. The Bertz CT molecular complexity index is 468. The van der Waals surface area contributed by atoms with E-state index >= 15 is 0 Å². The first-order valence-electron chi connectivity index (χ1n) is 6.08. The largest absolute Gasteiger partial charge is 0.384 e. The molecule has 0 atom stereocenters. The Balaban J connectivity index is 2.30. The Morgan fingerprint density at radius 1 is 1.44 bits per heavy atom. The van der Waals surface area contributed by atoms with Crippen molar-refractivity contribution in [1.29, 1.82) is 5.41 Å². The Labute approximate surface area is 115 Å². The molecule has 0 unspecified atom stereocenters. The molecule has 98 valence electrons. The van der Waals surface area contributed by atoms with Gasteiger partial charge in [-0.25, -0.2) is 4.39 Å². The predicted molar refractivity (Wildman–Crippen MR) is 75.7 cm³/mol. The van der Waals surface area contributed by atoms with Crippen molar-refractivity contribution in [3.63, 3.8) is 0 Å². The van der Waals surface area contributed by atoms with Gasteiger partial charge in [0.2, 0.25) is 0 Å². The molecule has 1 aromatic carbocycles. The van der Waals surface area contributed by atoms with Gasteiger partial charge in [-0.15, -0.1) is 0 Å². The highest BCUT2D eigenvalue weighted by atomic mass is 79.9. The van der Waals surface area contributed by atoms with Gasteiger partial charge in [0.25, 0.3) is 0 Å². The maximum atomic E-state index is 14.3. The fraction of sp³-hybridized carbons (Fsp3) is 0.462. The predicted octanol–water partition coefficient (Wildman–Crippen LogP) is 3.11. The molecule has 18 heavy (non-hydrogen) atoms. The fourth-order valence-corrected chi connectivity index (χ4v) is 2.79. The first-order chi connectivity index (χ1) is 8.50. The highest BCUT2D eigenvalue weighted by Gasteiger charge is 2.21. The SMILES string of the molecule is CC1CCN(c2ccc(C(=N)N)c(Br)c2F)CC1. The number of hydrogen-bond acceptors (Lipinski definition) is 2. The van der Waals surface area contributed by atoms with Gasteiger partial charge in [0.05, 0.1) is 10.2 Å². The molecular formula is C13H17BrFN3. The van der Waals surface area contributed by atoms with Crippen LogP contribution in [0, 0.1) is 17.1 Å². The third kappa shape index (κ3) is 2.51. The minimum absolute atomic E-state index is 0.125. The van der Waals surface area contributed by atoms with Crippen LogP contribution in [0.3, 0.4) is 0 Å². The van der Waals surface area contributed by atoms with Gasteiger partial charge in [-0.1, -0.05) is 6.92 Å². The average Bonchev–Trinajstić information content (AvgIpc) is 2.33. The van der Waals surface area contributed by atoms with Crippen molar-refractivity contribution in [3.8, 4) is 0 Å². The molecule has 1 aliphatic rings. The highest BCUT2D eigenvalue weighted by Crippen LogP contribution is 2.31. The number of rotatable bonds is 2. The lowest BCUT2D eigenvalue weighted by atomic mass is 9.98. The molecule has 0 amide bonds. The lowest BCUT2D eigenvalue weighted by Crippen LogP contribution is -2.33. The second-order valence-corrected chi connectivity index (χ2v) is 5.64. The molecule has 1 aromatic rings. The summed E-state index contributed by atoms with van der Waals surface area (Å²) >= 11 is 3.19. The maximum Gasteiger partial charge on any atom is 0.161 e. The topological polar surface area (TPSA) is 53.1 Å². The van der Waals surface area contributed by atoms with E-state index in [0.717, 1.165) is 25.9 Å². The van der Waals surface area contributed by atoms with Gasteiger partial charge in [0, 0.05) is 18.7 Å². The second-order valence-electron chi connectivity index (χ2n) is 4.84. The number of halogens is 2. The number of benzene rings is 1. The van der Waals surface area contributed by atoms with E-state index in [1.807, 2.05) is 0 Å². The van der Waals surface area contributed by atoms with Crippen LogP contribution in [0.4, 0.5) is 10.1 Å². The van der Waals surface area contributed by atoms with Gasteiger partial charge in [-0.2, -0.15) is 0 Å². The van der Waals surface area contributed by atoms with Crippen LogP contribution < -0.4 is 10.6 Å². The van der Waals surface area contributed by atoms with Crippen LogP contribution in [0.25, 0.3) is 0 Å². The van der Waals surface area contributed by atoms with Crippen LogP contribution >= 0.6 is 15.9 Å². The van der Waals surface area contributed by atoms with Crippen LogP contribution in [-0.4, -0.2) is 18.9 Å². The zero-order valence-corrected chi connectivity index (χ0v) is 11.9. The zero-order valence-electron chi connectivity index (χ0n) is 10.3. The van der Waals surface area contributed by atoms with E-state index in [0.29, 0.717) is 17.2 Å². The Morgan fingerprint density at radius 2 is 2.06 bits per heavy atom. The smallest absolute Gasteiger partial charge is 0.161 e. The number of nitrogens with zero attached hydrogens (tertiary/aromatic N) is 1. The Morgan fingerprint density at radius 3 is 2.61 bits per heavy atom. The second kappa shape index (κ2) is 5.26. The first kappa shape index (κ1) is 13.3. The summed E-state index contributed by atoms with van der Waals surface area (Å²) in [5.41, 5.74) is 6.40. The number of anilines is 1. The molecule has 3 N–H and O–H groups in total. The lowest BCUT2D eigenvalue weighted by Gasteiger charge is -2.32. The Hall–Kier alpha value is -1.10. The molecule has 0 aliphatic carbocycles. The molecule has 3 nitrogen and oxygen atoms in total. The van der Waals surface area contributed by atoms with E-state index < -0.39 is 0 Å². The molecule has 0 saturated carbocycles. The minimum atomic E-state index is -0.322. The molecule has 0 radical (unpaired) electrons. The van der Waals surface area contributed by atoms with Crippen molar-refractivity contribution in [2.45, 2.75) is 19.8 Å². The van der Waals surface area contributed by atoms with Gasteiger partial charge < -0.3 is 10.6 Å². The number of piperidine rings is 1. The van der Waals surface area contributed by atoms with Crippen LogP contribution in [0.1, 0.15) is 25.3 Å². The summed E-state index contributed by atoms with van der Waals surface area (Å²) in [5.74, 6) is 0.265. The monoisotopic (exact) mass is 313 g/mol. The summed E-state index contributed by atoms with van der Waals surface area (Å²) < 4.78 is 14.5. The molecule has 2 rings (SSSR count). The average molecular weight is 314 g/mol. The molecule has 5 heteroatoms. The number of amidine groups is 1. The van der Waals surface area contributed by atoms with E-state index in [-0.39, 0.29) is 16.1 Å².